The molecule has 2 aromatic rings. The maximum absolute atomic E-state index is 12.5. The second kappa shape index (κ2) is 5.29. The first-order valence-corrected chi connectivity index (χ1v) is 8.25. The lowest BCUT2D eigenvalue weighted by atomic mass is 10.2. The van der Waals surface area contributed by atoms with Crippen LogP contribution in [0.2, 0.25) is 0 Å². The molecule has 0 saturated heterocycles. The molecule has 8 heteroatoms. The quantitative estimate of drug-likeness (QED) is 0.915. The van der Waals surface area contributed by atoms with Crippen LogP contribution in [0, 0.1) is 13.8 Å². The summed E-state index contributed by atoms with van der Waals surface area (Å²) in [6.07, 6.45) is 0. The largest absolute Gasteiger partial charge is 0.454 e. The van der Waals surface area contributed by atoms with Gasteiger partial charge in [0, 0.05) is 13.6 Å². The summed E-state index contributed by atoms with van der Waals surface area (Å²) in [5.74, 6) is 1.30. The maximum atomic E-state index is 12.5. The average Bonchev–Trinajstić information content (AvgIpc) is 3.01. The van der Waals surface area contributed by atoms with E-state index in [0.29, 0.717) is 22.9 Å². The molecule has 0 unspecified atom stereocenters. The number of nitrogens with one attached hydrogen (secondary N) is 1. The van der Waals surface area contributed by atoms with Gasteiger partial charge < -0.3 is 9.47 Å². The van der Waals surface area contributed by atoms with Gasteiger partial charge in [-0.1, -0.05) is 6.07 Å². The smallest absolute Gasteiger partial charge is 0.244 e. The van der Waals surface area contributed by atoms with Crippen LogP contribution in [-0.2, 0) is 23.6 Å². The molecule has 0 atom stereocenters. The van der Waals surface area contributed by atoms with Gasteiger partial charge >= 0.3 is 0 Å². The number of hydrogen-bond donors (Lipinski definition) is 1. The molecule has 3 rings (SSSR count). The third-order valence-corrected chi connectivity index (χ3v) is 5.27. The molecule has 0 amide bonds. The molecule has 2 heterocycles. The summed E-state index contributed by atoms with van der Waals surface area (Å²) in [4.78, 5) is 0.232. The van der Waals surface area contributed by atoms with Gasteiger partial charge in [-0.2, -0.15) is 5.10 Å². The highest BCUT2D eigenvalue weighted by atomic mass is 32.2. The van der Waals surface area contributed by atoms with E-state index in [1.54, 1.807) is 43.8 Å². The van der Waals surface area contributed by atoms with Crippen molar-refractivity contribution in [1.29, 1.82) is 0 Å². The second-order valence-electron chi connectivity index (χ2n) is 5.14. The van der Waals surface area contributed by atoms with Crippen molar-refractivity contribution >= 4 is 10.0 Å². The van der Waals surface area contributed by atoms with Gasteiger partial charge in [0.05, 0.1) is 11.4 Å². The van der Waals surface area contributed by atoms with Crippen LogP contribution in [-0.4, -0.2) is 25.0 Å². The Kier molecular flexibility index (Phi) is 3.57. The monoisotopic (exact) mass is 323 g/mol. The van der Waals surface area contributed by atoms with E-state index < -0.39 is 10.0 Å². The third kappa shape index (κ3) is 2.55. The normalized spacial score (nSPS) is 13.6. The van der Waals surface area contributed by atoms with Crippen molar-refractivity contribution in [3.8, 4) is 11.5 Å². The van der Waals surface area contributed by atoms with E-state index in [0.717, 1.165) is 5.56 Å². The van der Waals surface area contributed by atoms with Gasteiger partial charge in [-0.25, -0.2) is 13.1 Å². The molecule has 22 heavy (non-hydrogen) atoms. The minimum Gasteiger partial charge on any atom is -0.454 e. The summed E-state index contributed by atoms with van der Waals surface area (Å²) in [5.41, 5.74) is 1.89. The predicted molar refractivity (Wildman–Crippen MR) is 79.3 cm³/mol. The van der Waals surface area contributed by atoms with Gasteiger partial charge in [0.2, 0.25) is 16.8 Å². The van der Waals surface area contributed by atoms with E-state index in [1.807, 2.05) is 0 Å². The number of ether oxygens (including phenoxy) is 2. The number of fused-ring (bicyclic) bond motifs is 1. The summed E-state index contributed by atoms with van der Waals surface area (Å²) in [7, 11) is -1.90. The summed E-state index contributed by atoms with van der Waals surface area (Å²) in [5, 5.41) is 4.14. The molecule has 1 N–H and O–H groups in total. The zero-order chi connectivity index (χ0) is 15.9. The zero-order valence-corrected chi connectivity index (χ0v) is 13.4. The van der Waals surface area contributed by atoms with E-state index in [-0.39, 0.29) is 18.2 Å². The van der Waals surface area contributed by atoms with Crippen molar-refractivity contribution in [3.05, 3.63) is 35.2 Å². The van der Waals surface area contributed by atoms with Crippen LogP contribution in [0.15, 0.2) is 23.1 Å². The van der Waals surface area contributed by atoms with E-state index in [9.17, 15) is 8.42 Å². The van der Waals surface area contributed by atoms with Crippen molar-refractivity contribution in [2.24, 2.45) is 7.05 Å². The number of nitrogens with zero attached hydrogens (tertiary/aromatic N) is 2. The van der Waals surface area contributed by atoms with Crippen molar-refractivity contribution in [2.45, 2.75) is 25.3 Å². The molecule has 1 aliphatic heterocycles. The van der Waals surface area contributed by atoms with Crippen molar-refractivity contribution < 1.29 is 17.9 Å². The Morgan fingerprint density at radius 1 is 1.27 bits per heavy atom. The molecule has 1 aromatic heterocycles. The van der Waals surface area contributed by atoms with Gasteiger partial charge in [-0.05, 0) is 31.5 Å². The standard InChI is InChI=1S/C14H17N3O4S/c1-9-14(10(2)17(3)16-9)22(18,19)15-7-11-4-5-12-13(6-11)21-8-20-12/h4-6,15H,7-8H2,1-3H3. The molecule has 0 spiro atoms. The Hall–Kier alpha value is -2.06. The topological polar surface area (TPSA) is 82.5 Å². The Labute approximate surface area is 128 Å². The lowest BCUT2D eigenvalue weighted by molar-refractivity contribution is 0.174. The molecule has 1 aliphatic rings. The molecule has 0 bridgehead atoms. The minimum absolute atomic E-state index is 0.173. The molecule has 0 fully saturated rings. The Bertz CT molecular complexity index is 827. The fourth-order valence-corrected chi connectivity index (χ4v) is 3.90. The molecule has 1 aromatic carbocycles. The summed E-state index contributed by atoms with van der Waals surface area (Å²) in [6.45, 7) is 3.78. The lowest BCUT2D eigenvalue weighted by Crippen LogP contribution is -2.24. The van der Waals surface area contributed by atoms with Crippen LogP contribution in [0.1, 0.15) is 17.0 Å². The number of sulfonamides is 1. The highest BCUT2D eigenvalue weighted by Gasteiger charge is 2.23. The second-order valence-corrected chi connectivity index (χ2v) is 6.84. The zero-order valence-electron chi connectivity index (χ0n) is 12.6. The van der Waals surface area contributed by atoms with Crippen LogP contribution in [0.4, 0.5) is 0 Å². The number of aromatic nitrogens is 2. The maximum Gasteiger partial charge on any atom is 0.244 e. The highest BCUT2D eigenvalue weighted by Crippen LogP contribution is 2.32. The Morgan fingerprint density at radius 3 is 2.68 bits per heavy atom. The van der Waals surface area contributed by atoms with Crippen molar-refractivity contribution in [2.75, 3.05) is 6.79 Å². The first-order chi connectivity index (χ1) is 10.4. The molecule has 0 radical (unpaired) electrons. The molecule has 7 nitrogen and oxygen atoms in total. The van der Waals surface area contributed by atoms with Gasteiger partial charge in [-0.3, -0.25) is 4.68 Å². The van der Waals surface area contributed by atoms with Gasteiger partial charge in [0.15, 0.2) is 11.5 Å². The molecule has 118 valence electrons. The number of hydrogen-bond acceptors (Lipinski definition) is 5. The minimum atomic E-state index is -3.62. The first-order valence-electron chi connectivity index (χ1n) is 6.77. The fraction of sp³-hybridized carbons (Fsp3) is 0.357. The number of rotatable bonds is 4. The van der Waals surface area contributed by atoms with E-state index in [1.165, 1.54) is 0 Å². The highest BCUT2D eigenvalue weighted by molar-refractivity contribution is 7.89. The predicted octanol–water partition coefficient (Wildman–Crippen LogP) is 1.24. The van der Waals surface area contributed by atoms with E-state index in [4.69, 9.17) is 9.47 Å². The lowest BCUT2D eigenvalue weighted by Gasteiger charge is -2.08. The SMILES string of the molecule is Cc1nn(C)c(C)c1S(=O)(=O)NCc1ccc2c(c1)OCO2. The van der Waals surface area contributed by atoms with Gasteiger partial charge in [0.25, 0.3) is 0 Å². The van der Waals surface area contributed by atoms with Crippen LogP contribution >= 0.6 is 0 Å². The van der Waals surface area contributed by atoms with Crippen LogP contribution < -0.4 is 14.2 Å². The summed E-state index contributed by atoms with van der Waals surface area (Å²) in [6, 6.07) is 5.35. The van der Waals surface area contributed by atoms with E-state index in [2.05, 4.69) is 9.82 Å². The molecular formula is C14H17N3O4S. The van der Waals surface area contributed by atoms with Gasteiger partial charge in [0.1, 0.15) is 4.90 Å². The average molecular weight is 323 g/mol. The van der Waals surface area contributed by atoms with Crippen LogP contribution in [0.25, 0.3) is 0 Å². The summed E-state index contributed by atoms with van der Waals surface area (Å²) >= 11 is 0. The van der Waals surface area contributed by atoms with Crippen molar-refractivity contribution in [3.63, 3.8) is 0 Å². The van der Waals surface area contributed by atoms with E-state index >= 15 is 0 Å². The first kappa shape index (κ1) is 14.9. The number of benzene rings is 1. The summed E-state index contributed by atoms with van der Waals surface area (Å²) < 4.78 is 39.6. The van der Waals surface area contributed by atoms with Crippen LogP contribution in [0.3, 0.4) is 0 Å². The molecular weight excluding hydrogens is 306 g/mol. The number of aryl methyl sites for hydroxylation is 2. The molecule has 0 saturated carbocycles. The Morgan fingerprint density at radius 2 is 2.00 bits per heavy atom. The van der Waals surface area contributed by atoms with Crippen LogP contribution in [0.5, 0.6) is 11.5 Å². The molecule has 0 aliphatic carbocycles. The fourth-order valence-electron chi connectivity index (χ4n) is 2.44. The Balaban J connectivity index is 1.80. The van der Waals surface area contributed by atoms with Gasteiger partial charge in [-0.15, -0.1) is 0 Å². The third-order valence-electron chi connectivity index (χ3n) is 3.61. The van der Waals surface area contributed by atoms with Crippen molar-refractivity contribution in [1.82, 2.24) is 14.5 Å².